The van der Waals surface area contributed by atoms with Crippen LogP contribution in [-0.4, -0.2) is 66.8 Å². The number of halogens is 5. The first-order valence-electron chi connectivity index (χ1n) is 11.9. The van der Waals surface area contributed by atoms with E-state index in [1.807, 2.05) is 18.2 Å². The van der Waals surface area contributed by atoms with E-state index in [2.05, 4.69) is 60.7 Å². The summed E-state index contributed by atoms with van der Waals surface area (Å²) >= 11 is 0. The smallest absolute Gasteiger partial charge is 0.201 e. The zero-order valence-corrected chi connectivity index (χ0v) is 25.1. The molecule has 0 aliphatic carbocycles. The van der Waals surface area contributed by atoms with Crippen molar-refractivity contribution in [3.8, 4) is 0 Å². The number of benzene rings is 2. The molecule has 1 saturated heterocycles. The molecule has 2 heterocycles. The Morgan fingerprint density at radius 1 is 0.649 bits per heavy atom. The molecule has 12 heteroatoms. The van der Waals surface area contributed by atoms with Crippen LogP contribution in [-0.2, 0) is 13.1 Å². The lowest BCUT2D eigenvalue weighted by Crippen LogP contribution is -2.36. The fourth-order valence-electron chi connectivity index (χ4n) is 4.28. The second kappa shape index (κ2) is 20.9. The quantitative estimate of drug-likeness (QED) is 0.353. The lowest BCUT2D eigenvalue weighted by molar-refractivity contribution is 0.260. The van der Waals surface area contributed by atoms with E-state index in [-0.39, 0.29) is 62.0 Å². The molecule has 0 amide bonds. The predicted octanol–water partition coefficient (Wildman–Crippen LogP) is 4.14. The van der Waals surface area contributed by atoms with Gasteiger partial charge >= 0.3 is 0 Å². The summed E-state index contributed by atoms with van der Waals surface area (Å²) in [5.41, 5.74) is 10.8. The van der Waals surface area contributed by atoms with E-state index in [0.717, 1.165) is 76.5 Å². The van der Waals surface area contributed by atoms with E-state index in [1.165, 1.54) is 24.0 Å². The maximum Gasteiger partial charge on any atom is 0.201 e. The van der Waals surface area contributed by atoms with Crippen molar-refractivity contribution in [2.75, 3.05) is 58.1 Å². The molecule has 0 unspecified atom stereocenters. The van der Waals surface area contributed by atoms with E-state index in [0.29, 0.717) is 5.95 Å². The molecule has 1 aromatic heterocycles. The van der Waals surface area contributed by atoms with E-state index in [1.54, 1.807) is 0 Å². The molecular formula is C25H42Cl5N7. The van der Waals surface area contributed by atoms with Crippen LogP contribution in [0.5, 0.6) is 0 Å². The lowest BCUT2D eigenvalue weighted by Gasteiger charge is -2.23. The largest absolute Gasteiger partial charge is 0.369 e. The number of para-hydroxylation sites is 2. The number of hydrogen-bond donors (Lipinski definition) is 4. The molecule has 0 spiro atoms. The van der Waals surface area contributed by atoms with E-state index in [9.17, 15) is 0 Å². The highest BCUT2D eigenvalue weighted by Gasteiger charge is 2.09. The number of hydrogen-bond acceptors (Lipinski definition) is 6. The maximum atomic E-state index is 6.18. The van der Waals surface area contributed by atoms with Gasteiger partial charge in [-0.1, -0.05) is 36.4 Å². The normalized spacial score (nSPS) is 15.5. The molecule has 3 aromatic rings. The third kappa shape index (κ3) is 12.2. The highest BCUT2D eigenvalue weighted by molar-refractivity contribution is 5.86. The predicted molar refractivity (Wildman–Crippen MR) is 169 cm³/mol. The van der Waals surface area contributed by atoms with Gasteiger partial charge in [-0.05, 0) is 62.3 Å². The van der Waals surface area contributed by atoms with Crippen LogP contribution in [0.4, 0.5) is 5.95 Å². The van der Waals surface area contributed by atoms with Gasteiger partial charge in [0.1, 0.15) is 0 Å². The number of anilines is 1. The number of aromatic nitrogens is 2. The average molecular weight is 618 g/mol. The lowest BCUT2D eigenvalue weighted by atomic mass is 10.1. The minimum atomic E-state index is 0. The molecule has 0 bridgehead atoms. The molecule has 0 atom stereocenters. The highest BCUT2D eigenvalue weighted by Crippen LogP contribution is 2.19. The first-order chi connectivity index (χ1) is 15.8. The van der Waals surface area contributed by atoms with Crippen molar-refractivity contribution in [2.45, 2.75) is 25.9 Å². The zero-order valence-electron chi connectivity index (χ0n) is 21.1. The van der Waals surface area contributed by atoms with Crippen molar-refractivity contribution in [1.82, 2.24) is 30.4 Å². The van der Waals surface area contributed by atoms with Crippen LogP contribution in [0.2, 0.25) is 0 Å². The molecule has 0 radical (unpaired) electrons. The minimum absolute atomic E-state index is 0. The molecule has 212 valence electrons. The number of imidazole rings is 1. The van der Waals surface area contributed by atoms with Crippen molar-refractivity contribution in [3.63, 3.8) is 0 Å². The molecule has 0 saturated carbocycles. The zero-order chi connectivity index (χ0) is 22.0. The fourth-order valence-corrected chi connectivity index (χ4v) is 4.28. The monoisotopic (exact) mass is 615 g/mol. The summed E-state index contributed by atoms with van der Waals surface area (Å²) in [7, 11) is 0. The van der Waals surface area contributed by atoms with E-state index >= 15 is 0 Å². The van der Waals surface area contributed by atoms with Crippen molar-refractivity contribution in [3.05, 3.63) is 59.7 Å². The topological polar surface area (TPSA) is 83.2 Å². The summed E-state index contributed by atoms with van der Waals surface area (Å²) < 4.78 is 2.08. The van der Waals surface area contributed by atoms with Gasteiger partial charge in [-0.3, -0.25) is 4.90 Å². The summed E-state index contributed by atoms with van der Waals surface area (Å²) in [6.45, 7) is 10.3. The Hall–Kier alpha value is -1.00. The molecule has 4 rings (SSSR count). The minimum Gasteiger partial charge on any atom is -0.369 e. The highest BCUT2D eigenvalue weighted by atomic mass is 35.5. The van der Waals surface area contributed by atoms with E-state index < -0.39 is 0 Å². The molecule has 1 aliphatic heterocycles. The van der Waals surface area contributed by atoms with Gasteiger partial charge in [-0.2, -0.15) is 0 Å². The van der Waals surface area contributed by atoms with Crippen LogP contribution < -0.4 is 21.7 Å². The van der Waals surface area contributed by atoms with Crippen LogP contribution in [0, 0.1) is 0 Å². The number of nitrogens with two attached hydrogens (primary N) is 1. The first kappa shape index (κ1) is 38.1. The average Bonchev–Trinajstić information content (AvgIpc) is 3.12. The number of nitrogens with zero attached hydrogens (tertiary/aromatic N) is 3. The van der Waals surface area contributed by atoms with Crippen LogP contribution >= 0.6 is 62.0 Å². The summed E-state index contributed by atoms with van der Waals surface area (Å²) in [5, 5.41) is 10.6. The summed E-state index contributed by atoms with van der Waals surface area (Å²) in [4.78, 5) is 7.04. The number of nitrogens with one attached hydrogen (secondary N) is 3. The Morgan fingerprint density at radius 3 is 1.89 bits per heavy atom. The standard InChI is InChI=1S/C25H37N7.5ClH/c26-25-30-23-5-1-2-6-24(23)32(25)20-22-9-7-21(8-10-22)19-31-17-4-13-28-15-14-27-11-3-12-29-16-18-31;;;;;/h1-2,5-10,27-29H,3-4,11-20H2,(H2,26,30);5*1H. The Balaban J connectivity index is 0. The molecule has 7 nitrogen and oxygen atoms in total. The summed E-state index contributed by atoms with van der Waals surface area (Å²) in [6.07, 6.45) is 2.35. The van der Waals surface area contributed by atoms with Crippen LogP contribution in [0.25, 0.3) is 11.0 Å². The molecular weight excluding hydrogens is 576 g/mol. The van der Waals surface area contributed by atoms with Gasteiger partial charge in [0.25, 0.3) is 0 Å². The Labute approximate surface area is 252 Å². The number of fused-ring (bicyclic) bond motifs is 1. The van der Waals surface area contributed by atoms with Crippen molar-refractivity contribution in [1.29, 1.82) is 0 Å². The maximum absolute atomic E-state index is 6.18. The third-order valence-electron chi connectivity index (χ3n) is 6.07. The molecule has 1 aliphatic rings. The summed E-state index contributed by atoms with van der Waals surface area (Å²) in [5.74, 6) is 0.568. The van der Waals surface area contributed by atoms with Crippen LogP contribution in [0.1, 0.15) is 24.0 Å². The van der Waals surface area contributed by atoms with Gasteiger partial charge in [0, 0.05) is 32.7 Å². The van der Waals surface area contributed by atoms with Gasteiger partial charge in [0.15, 0.2) is 0 Å². The van der Waals surface area contributed by atoms with Crippen molar-refractivity contribution in [2.24, 2.45) is 0 Å². The first-order valence-corrected chi connectivity index (χ1v) is 11.9. The van der Waals surface area contributed by atoms with Gasteiger partial charge < -0.3 is 26.3 Å². The number of nitrogen functional groups attached to an aromatic ring is 1. The summed E-state index contributed by atoms with van der Waals surface area (Å²) in [6, 6.07) is 17.1. The fraction of sp³-hybridized carbons (Fsp3) is 0.480. The second-order valence-corrected chi connectivity index (χ2v) is 8.59. The molecule has 2 aromatic carbocycles. The molecule has 1 fully saturated rings. The van der Waals surface area contributed by atoms with E-state index in [4.69, 9.17) is 5.73 Å². The van der Waals surface area contributed by atoms with Gasteiger partial charge in [0.2, 0.25) is 5.95 Å². The van der Waals surface area contributed by atoms with Crippen LogP contribution in [0.3, 0.4) is 0 Å². The van der Waals surface area contributed by atoms with Crippen molar-refractivity contribution >= 4 is 79.0 Å². The van der Waals surface area contributed by atoms with Gasteiger partial charge in [-0.25, -0.2) is 4.98 Å². The molecule has 37 heavy (non-hydrogen) atoms. The molecule has 5 N–H and O–H groups in total. The van der Waals surface area contributed by atoms with Crippen molar-refractivity contribution < 1.29 is 0 Å². The van der Waals surface area contributed by atoms with Gasteiger partial charge in [-0.15, -0.1) is 62.0 Å². The second-order valence-electron chi connectivity index (χ2n) is 8.59. The SMILES string of the molecule is Cl.Cl.Cl.Cl.Cl.Nc1nc2ccccc2n1Cc1ccc(CN2CCCNCCNCCCNCC2)cc1. The Kier molecular flexibility index (Phi) is 21.5. The Morgan fingerprint density at radius 2 is 1.22 bits per heavy atom. The van der Waals surface area contributed by atoms with Crippen LogP contribution in [0.15, 0.2) is 48.5 Å². The number of rotatable bonds is 4. The third-order valence-corrected chi connectivity index (χ3v) is 6.07. The Bertz CT molecular complexity index is 958. The van der Waals surface area contributed by atoms with Gasteiger partial charge in [0.05, 0.1) is 17.6 Å².